The molecule has 8 heteroatoms. The number of benzene rings is 1. The molecular formula is C20H30IN3O2S2. The number of nitrogens with zero attached hydrogens (tertiary/aromatic N) is 2. The van der Waals surface area contributed by atoms with Crippen LogP contribution >= 0.6 is 35.3 Å². The van der Waals surface area contributed by atoms with Gasteiger partial charge in [-0.3, -0.25) is 4.99 Å². The Hall–Kier alpha value is -1.13. The van der Waals surface area contributed by atoms with Gasteiger partial charge < -0.3 is 10.2 Å². The zero-order chi connectivity index (χ0) is 19.7. The molecule has 1 heterocycles. The summed E-state index contributed by atoms with van der Waals surface area (Å²) >= 11 is 1.75. The quantitative estimate of drug-likeness (QED) is 0.299. The van der Waals surface area contributed by atoms with E-state index in [1.54, 1.807) is 35.6 Å². The predicted octanol–water partition coefficient (Wildman–Crippen LogP) is 4.06. The van der Waals surface area contributed by atoms with Crippen LogP contribution in [0, 0.1) is 0 Å². The fraction of sp³-hybridized carbons (Fsp3) is 0.450. The molecule has 0 fully saturated rings. The second-order valence-corrected chi connectivity index (χ2v) is 9.46. The Balaban J connectivity index is 0.00000392. The molecule has 1 atom stereocenters. The lowest BCUT2D eigenvalue weighted by Gasteiger charge is -2.26. The molecule has 2 aromatic rings. The van der Waals surface area contributed by atoms with Crippen LogP contribution in [0.4, 0.5) is 0 Å². The highest BCUT2D eigenvalue weighted by Gasteiger charge is 2.22. The number of hydrogen-bond acceptors (Lipinski definition) is 4. The number of aliphatic imine (C=N–C) groups is 1. The van der Waals surface area contributed by atoms with Crippen molar-refractivity contribution >= 4 is 51.1 Å². The van der Waals surface area contributed by atoms with E-state index < -0.39 is 9.84 Å². The van der Waals surface area contributed by atoms with Gasteiger partial charge in [0.05, 0.1) is 10.6 Å². The lowest BCUT2D eigenvalue weighted by molar-refractivity contribution is 0.468. The second kappa shape index (κ2) is 12.4. The smallest absolute Gasteiger partial charge is 0.193 e. The van der Waals surface area contributed by atoms with Crippen molar-refractivity contribution < 1.29 is 8.42 Å². The van der Waals surface area contributed by atoms with Crippen LogP contribution in [0.15, 0.2) is 57.7 Å². The molecule has 0 spiro atoms. The summed E-state index contributed by atoms with van der Waals surface area (Å²) in [6, 6.07) is 12.6. The average Bonchev–Trinajstić information content (AvgIpc) is 3.19. The first-order valence-electron chi connectivity index (χ1n) is 9.28. The van der Waals surface area contributed by atoms with Crippen molar-refractivity contribution in [2.24, 2.45) is 4.99 Å². The molecule has 0 aliphatic rings. The van der Waals surface area contributed by atoms with Crippen molar-refractivity contribution in [1.82, 2.24) is 10.2 Å². The van der Waals surface area contributed by atoms with Gasteiger partial charge in [-0.05, 0) is 43.3 Å². The molecule has 0 aliphatic heterocycles. The zero-order valence-corrected chi connectivity index (χ0v) is 20.6. The molecule has 0 bridgehead atoms. The molecule has 0 amide bonds. The van der Waals surface area contributed by atoms with Gasteiger partial charge in [0.1, 0.15) is 0 Å². The van der Waals surface area contributed by atoms with E-state index in [2.05, 4.69) is 32.7 Å². The van der Waals surface area contributed by atoms with E-state index in [-0.39, 0.29) is 35.8 Å². The first kappa shape index (κ1) is 24.9. The van der Waals surface area contributed by atoms with E-state index >= 15 is 0 Å². The maximum absolute atomic E-state index is 12.7. The third-order valence-corrected chi connectivity index (χ3v) is 7.06. The fourth-order valence-electron chi connectivity index (χ4n) is 2.70. The highest BCUT2D eigenvalue weighted by Crippen LogP contribution is 2.13. The van der Waals surface area contributed by atoms with Crippen LogP contribution in [0.2, 0.25) is 0 Å². The van der Waals surface area contributed by atoms with Crippen LogP contribution in [0.3, 0.4) is 0 Å². The van der Waals surface area contributed by atoms with E-state index in [9.17, 15) is 8.42 Å². The normalized spacial score (nSPS) is 12.9. The van der Waals surface area contributed by atoms with Gasteiger partial charge >= 0.3 is 0 Å². The van der Waals surface area contributed by atoms with E-state index in [1.165, 1.54) is 4.88 Å². The number of rotatable bonds is 9. The zero-order valence-electron chi connectivity index (χ0n) is 16.7. The van der Waals surface area contributed by atoms with Crippen LogP contribution in [-0.4, -0.2) is 51.2 Å². The molecule has 1 unspecified atom stereocenters. The summed E-state index contributed by atoms with van der Waals surface area (Å²) in [6.07, 6.45) is 1.64. The summed E-state index contributed by atoms with van der Waals surface area (Å²) in [6.45, 7) is 5.45. The molecule has 0 saturated carbocycles. The molecule has 28 heavy (non-hydrogen) atoms. The van der Waals surface area contributed by atoms with Crippen LogP contribution in [0.25, 0.3) is 0 Å². The molecule has 1 aromatic heterocycles. The Kier molecular flexibility index (Phi) is 11.1. The van der Waals surface area contributed by atoms with E-state index in [4.69, 9.17) is 0 Å². The summed E-state index contributed by atoms with van der Waals surface area (Å²) in [5, 5.41) is 5.44. The van der Waals surface area contributed by atoms with Crippen molar-refractivity contribution in [2.75, 3.05) is 25.9 Å². The highest BCUT2D eigenvalue weighted by molar-refractivity contribution is 14.0. The molecule has 0 aliphatic carbocycles. The minimum atomic E-state index is -3.34. The average molecular weight is 536 g/mol. The Morgan fingerprint density at radius 3 is 2.46 bits per heavy atom. The highest BCUT2D eigenvalue weighted by atomic mass is 127. The largest absolute Gasteiger partial charge is 0.352 e. The Labute approximate surface area is 190 Å². The molecule has 0 radical (unpaired) electrons. The maximum Gasteiger partial charge on any atom is 0.193 e. The number of likely N-dealkylation sites (N-methyl/N-ethyl adjacent to an activating group) is 1. The van der Waals surface area contributed by atoms with Crippen molar-refractivity contribution in [3.63, 3.8) is 0 Å². The van der Waals surface area contributed by atoms with Crippen LogP contribution in [0.1, 0.15) is 25.1 Å². The van der Waals surface area contributed by atoms with Gasteiger partial charge in [0.15, 0.2) is 15.8 Å². The Bertz CT molecular complexity index is 809. The van der Waals surface area contributed by atoms with Gasteiger partial charge in [0.25, 0.3) is 0 Å². The first-order valence-corrected chi connectivity index (χ1v) is 11.8. The number of thiophene rings is 1. The summed E-state index contributed by atoms with van der Waals surface area (Å²) in [5.41, 5.74) is 0. The van der Waals surface area contributed by atoms with Gasteiger partial charge in [-0.1, -0.05) is 31.2 Å². The second-order valence-electron chi connectivity index (χ2n) is 6.39. The maximum atomic E-state index is 12.7. The van der Waals surface area contributed by atoms with Crippen molar-refractivity contribution in [3.8, 4) is 0 Å². The standard InChI is InChI=1S/C20H29N3O2S2.HI/c1-4-17(16-27(24,25)19-11-7-6-8-12-19)22-20(21-5-2)23(3)14-13-18-10-9-15-26-18;/h6-12,15,17H,4-5,13-14,16H2,1-3H3,(H,21,22);1H. The lowest BCUT2D eigenvalue weighted by Crippen LogP contribution is -2.47. The van der Waals surface area contributed by atoms with Crippen molar-refractivity contribution in [2.45, 2.75) is 37.6 Å². The predicted molar refractivity (Wildman–Crippen MR) is 130 cm³/mol. The van der Waals surface area contributed by atoms with Gasteiger partial charge in [0.2, 0.25) is 0 Å². The number of hydrogen-bond donors (Lipinski definition) is 1. The fourth-order valence-corrected chi connectivity index (χ4v) is 5.01. The van der Waals surface area contributed by atoms with E-state index in [0.717, 1.165) is 18.9 Å². The Morgan fingerprint density at radius 2 is 1.89 bits per heavy atom. The number of sulfone groups is 1. The van der Waals surface area contributed by atoms with Gasteiger partial charge in [-0.2, -0.15) is 0 Å². The van der Waals surface area contributed by atoms with E-state index in [1.807, 2.05) is 27.0 Å². The summed E-state index contributed by atoms with van der Waals surface area (Å²) in [4.78, 5) is 8.32. The number of halogens is 1. The van der Waals surface area contributed by atoms with Crippen LogP contribution in [0.5, 0.6) is 0 Å². The van der Waals surface area contributed by atoms with Crippen LogP contribution in [-0.2, 0) is 16.3 Å². The van der Waals surface area contributed by atoms with Gasteiger partial charge in [0, 0.05) is 31.1 Å². The summed E-state index contributed by atoms with van der Waals surface area (Å²) in [5.74, 6) is 0.804. The molecule has 1 N–H and O–H groups in total. The number of nitrogens with one attached hydrogen (secondary N) is 1. The molecule has 5 nitrogen and oxygen atoms in total. The minimum absolute atomic E-state index is 0. The number of guanidine groups is 1. The lowest BCUT2D eigenvalue weighted by atomic mass is 10.2. The van der Waals surface area contributed by atoms with Crippen molar-refractivity contribution in [1.29, 1.82) is 0 Å². The topological polar surface area (TPSA) is 61.8 Å². The van der Waals surface area contributed by atoms with Crippen molar-refractivity contribution in [3.05, 3.63) is 52.7 Å². The first-order chi connectivity index (χ1) is 13.0. The van der Waals surface area contributed by atoms with E-state index in [0.29, 0.717) is 17.9 Å². The molecule has 0 saturated heterocycles. The third kappa shape index (κ3) is 7.71. The third-order valence-electron chi connectivity index (χ3n) is 4.29. The molecular weight excluding hydrogens is 505 g/mol. The minimum Gasteiger partial charge on any atom is -0.352 e. The van der Waals surface area contributed by atoms with Crippen LogP contribution < -0.4 is 5.32 Å². The Morgan fingerprint density at radius 1 is 1.18 bits per heavy atom. The summed E-state index contributed by atoms with van der Waals surface area (Å²) < 4.78 is 25.4. The summed E-state index contributed by atoms with van der Waals surface area (Å²) in [7, 11) is -1.35. The monoisotopic (exact) mass is 535 g/mol. The molecule has 1 aromatic carbocycles. The SMILES string of the molecule is CCN=C(NC(CC)CS(=O)(=O)c1ccccc1)N(C)CCc1cccs1.I. The van der Waals surface area contributed by atoms with Gasteiger partial charge in [-0.25, -0.2) is 8.42 Å². The molecule has 2 rings (SSSR count). The molecule has 156 valence electrons. The van der Waals surface area contributed by atoms with Gasteiger partial charge in [-0.15, -0.1) is 35.3 Å².